The van der Waals surface area contributed by atoms with E-state index >= 15 is 0 Å². The van der Waals surface area contributed by atoms with Gasteiger partial charge in [0, 0.05) is 16.9 Å². The second kappa shape index (κ2) is 5.83. The number of thiophene rings is 1. The molecule has 0 amide bonds. The number of ketones is 1. The predicted molar refractivity (Wildman–Crippen MR) is 74.7 cm³/mol. The minimum absolute atomic E-state index is 0.226. The zero-order chi connectivity index (χ0) is 13.0. The molecule has 0 N–H and O–H groups in total. The lowest BCUT2D eigenvalue weighted by Crippen LogP contribution is -2.01. The van der Waals surface area contributed by atoms with Gasteiger partial charge >= 0.3 is 0 Å². The van der Waals surface area contributed by atoms with Crippen molar-refractivity contribution < 1.29 is 9.53 Å². The number of benzene rings is 1. The van der Waals surface area contributed by atoms with Crippen LogP contribution in [0, 0.1) is 6.92 Å². The smallest absolute Gasteiger partial charge is 0.164 e. The molecule has 18 heavy (non-hydrogen) atoms. The fourth-order valence-electron chi connectivity index (χ4n) is 1.86. The molecule has 0 aliphatic rings. The van der Waals surface area contributed by atoms with E-state index in [1.807, 2.05) is 42.6 Å². The minimum atomic E-state index is 0.226. The highest BCUT2D eigenvalue weighted by Crippen LogP contribution is 2.18. The second-order valence-corrected chi connectivity index (χ2v) is 5.28. The van der Waals surface area contributed by atoms with Gasteiger partial charge in [0.05, 0.1) is 7.11 Å². The molecule has 1 aromatic heterocycles. The van der Waals surface area contributed by atoms with E-state index in [4.69, 9.17) is 4.74 Å². The summed E-state index contributed by atoms with van der Waals surface area (Å²) in [4.78, 5) is 13.1. The molecule has 0 spiro atoms. The van der Waals surface area contributed by atoms with Crippen LogP contribution >= 0.6 is 11.3 Å². The first kappa shape index (κ1) is 12.8. The van der Waals surface area contributed by atoms with Crippen molar-refractivity contribution in [3.8, 4) is 5.75 Å². The third-order valence-electron chi connectivity index (χ3n) is 2.96. The van der Waals surface area contributed by atoms with E-state index < -0.39 is 0 Å². The van der Waals surface area contributed by atoms with Crippen molar-refractivity contribution in [1.82, 2.24) is 0 Å². The Balaban J connectivity index is 1.95. The highest BCUT2D eigenvalue weighted by molar-refractivity contribution is 7.10. The summed E-state index contributed by atoms with van der Waals surface area (Å²) in [7, 11) is 1.65. The number of carbonyl (C=O) groups is 1. The number of carbonyl (C=O) groups excluding carboxylic acids is 1. The summed E-state index contributed by atoms with van der Waals surface area (Å²) in [6.07, 6.45) is 1.34. The molecular weight excluding hydrogens is 244 g/mol. The van der Waals surface area contributed by atoms with Crippen molar-refractivity contribution in [3.63, 3.8) is 0 Å². The molecule has 0 atom stereocenters. The van der Waals surface area contributed by atoms with Crippen LogP contribution in [0.3, 0.4) is 0 Å². The molecule has 0 aliphatic carbocycles. The fourth-order valence-corrected chi connectivity index (χ4v) is 2.58. The number of ether oxygens (including phenoxy) is 1. The van der Waals surface area contributed by atoms with Crippen molar-refractivity contribution in [2.24, 2.45) is 0 Å². The van der Waals surface area contributed by atoms with E-state index in [2.05, 4.69) is 0 Å². The SMILES string of the molecule is COc1ccc(CCC(=O)c2ccsc2C)cc1. The Bertz CT molecular complexity index is 526. The zero-order valence-electron chi connectivity index (χ0n) is 10.6. The summed E-state index contributed by atoms with van der Waals surface area (Å²) in [5.74, 6) is 1.07. The van der Waals surface area contributed by atoms with Gasteiger partial charge in [-0.3, -0.25) is 4.79 Å². The number of Topliss-reactive ketones (excluding diaryl/α,β-unsaturated/α-hetero) is 1. The molecule has 0 aliphatic heterocycles. The summed E-state index contributed by atoms with van der Waals surface area (Å²) in [6.45, 7) is 1.99. The fraction of sp³-hybridized carbons (Fsp3) is 0.267. The van der Waals surface area contributed by atoms with E-state index in [-0.39, 0.29) is 5.78 Å². The van der Waals surface area contributed by atoms with Gasteiger partial charge in [-0.25, -0.2) is 0 Å². The van der Waals surface area contributed by atoms with Gasteiger partial charge in [-0.05, 0) is 42.5 Å². The molecule has 94 valence electrons. The van der Waals surface area contributed by atoms with Gasteiger partial charge in [-0.15, -0.1) is 11.3 Å². The van der Waals surface area contributed by atoms with E-state index in [1.54, 1.807) is 18.4 Å². The third-order valence-corrected chi connectivity index (χ3v) is 3.80. The molecule has 3 heteroatoms. The maximum atomic E-state index is 12.0. The molecule has 0 bridgehead atoms. The van der Waals surface area contributed by atoms with Crippen LogP contribution in [0.25, 0.3) is 0 Å². The minimum Gasteiger partial charge on any atom is -0.497 e. The summed E-state index contributed by atoms with van der Waals surface area (Å²) in [5, 5.41) is 1.97. The normalized spacial score (nSPS) is 10.3. The maximum Gasteiger partial charge on any atom is 0.164 e. The average Bonchev–Trinajstić information content (AvgIpc) is 2.83. The lowest BCUT2D eigenvalue weighted by molar-refractivity contribution is 0.0983. The third kappa shape index (κ3) is 2.99. The molecular formula is C15H16O2S. The molecule has 0 saturated carbocycles. The van der Waals surface area contributed by atoms with Crippen LogP contribution in [0.2, 0.25) is 0 Å². The molecule has 0 radical (unpaired) electrons. The second-order valence-electron chi connectivity index (χ2n) is 4.16. The average molecular weight is 260 g/mol. The Morgan fingerprint density at radius 2 is 1.94 bits per heavy atom. The van der Waals surface area contributed by atoms with Gasteiger partial charge in [-0.2, -0.15) is 0 Å². The van der Waals surface area contributed by atoms with E-state index in [9.17, 15) is 4.79 Å². The van der Waals surface area contributed by atoms with Crippen molar-refractivity contribution in [2.75, 3.05) is 7.11 Å². The van der Waals surface area contributed by atoms with Crippen LogP contribution in [-0.4, -0.2) is 12.9 Å². The Morgan fingerprint density at radius 1 is 1.22 bits per heavy atom. The van der Waals surface area contributed by atoms with Crippen LogP contribution in [0.15, 0.2) is 35.7 Å². The van der Waals surface area contributed by atoms with Gasteiger partial charge in [0.25, 0.3) is 0 Å². The van der Waals surface area contributed by atoms with Crippen LogP contribution < -0.4 is 4.74 Å². The number of hydrogen-bond acceptors (Lipinski definition) is 3. The van der Waals surface area contributed by atoms with Crippen molar-refractivity contribution in [1.29, 1.82) is 0 Å². The van der Waals surface area contributed by atoms with Crippen LogP contribution in [0.5, 0.6) is 5.75 Å². The first-order valence-corrected chi connectivity index (χ1v) is 6.79. The van der Waals surface area contributed by atoms with Gasteiger partial charge in [-0.1, -0.05) is 12.1 Å². The molecule has 0 fully saturated rings. The molecule has 0 unspecified atom stereocenters. The number of aryl methyl sites for hydroxylation is 2. The van der Waals surface area contributed by atoms with Gasteiger partial charge in [0.2, 0.25) is 0 Å². The molecule has 2 aromatic rings. The lowest BCUT2D eigenvalue weighted by Gasteiger charge is -2.03. The number of rotatable bonds is 5. The Labute approximate surface area is 111 Å². The van der Waals surface area contributed by atoms with Gasteiger partial charge in [0.15, 0.2) is 5.78 Å². The summed E-state index contributed by atoms with van der Waals surface area (Å²) < 4.78 is 5.10. The molecule has 0 saturated heterocycles. The van der Waals surface area contributed by atoms with Crippen LogP contribution in [-0.2, 0) is 6.42 Å². The molecule has 2 rings (SSSR count). The number of hydrogen-bond donors (Lipinski definition) is 0. The van der Waals surface area contributed by atoms with Gasteiger partial charge in [0.1, 0.15) is 5.75 Å². The zero-order valence-corrected chi connectivity index (χ0v) is 11.4. The first-order valence-electron chi connectivity index (χ1n) is 5.91. The Morgan fingerprint density at radius 3 is 2.50 bits per heavy atom. The van der Waals surface area contributed by atoms with Crippen LogP contribution in [0.1, 0.15) is 27.2 Å². The highest BCUT2D eigenvalue weighted by atomic mass is 32.1. The van der Waals surface area contributed by atoms with E-state index in [0.29, 0.717) is 6.42 Å². The molecule has 1 heterocycles. The Kier molecular flexibility index (Phi) is 4.15. The standard InChI is InChI=1S/C15H16O2S/c1-11-14(9-10-18-11)15(16)8-5-12-3-6-13(17-2)7-4-12/h3-4,6-7,9-10H,5,8H2,1-2H3. The van der Waals surface area contributed by atoms with Gasteiger partial charge < -0.3 is 4.74 Å². The summed E-state index contributed by atoms with van der Waals surface area (Å²) in [6, 6.07) is 9.78. The van der Waals surface area contributed by atoms with Crippen molar-refractivity contribution >= 4 is 17.1 Å². The highest BCUT2D eigenvalue weighted by Gasteiger charge is 2.09. The first-order chi connectivity index (χ1) is 8.70. The van der Waals surface area contributed by atoms with Crippen LogP contribution in [0.4, 0.5) is 0 Å². The topological polar surface area (TPSA) is 26.3 Å². The lowest BCUT2D eigenvalue weighted by atomic mass is 10.0. The maximum absolute atomic E-state index is 12.0. The van der Waals surface area contributed by atoms with Crippen molar-refractivity contribution in [3.05, 3.63) is 51.7 Å². The largest absolute Gasteiger partial charge is 0.497 e. The van der Waals surface area contributed by atoms with E-state index in [1.165, 1.54) is 0 Å². The molecule has 1 aromatic carbocycles. The number of methoxy groups -OCH3 is 1. The Hall–Kier alpha value is -1.61. The van der Waals surface area contributed by atoms with Crippen molar-refractivity contribution in [2.45, 2.75) is 19.8 Å². The monoisotopic (exact) mass is 260 g/mol. The summed E-state index contributed by atoms with van der Waals surface area (Å²) in [5.41, 5.74) is 2.03. The summed E-state index contributed by atoms with van der Waals surface area (Å²) >= 11 is 1.62. The van der Waals surface area contributed by atoms with E-state index in [0.717, 1.165) is 28.2 Å². The molecule has 2 nitrogen and oxygen atoms in total. The predicted octanol–water partition coefficient (Wildman–Crippen LogP) is 3.88. The quantitative estimate of drug-likeness (QED) is 0.763.